The molecule has 1 amide bonds. The van der Waals surface area contributed by atoms with Crippen LogP contribution in [0.3, 0.4) is 0 Å². The molecular formula is C16H21N5OS. The maximum absolute atomic E-state index is 12.8. The zero-order valence-electron chi connectivity index (χ0n) is 13.1. The van der Waals surface area contributed by atoms with E-state index in [2.05, 4.69) is 15.1 Å². The molecule has 2 aromatic rings. The van der Waals surface area contributed by atoms with E-state index in [9.17, 15) is 4.79 Å². The summed E-state index contributed by atoms with van der Waals surface area (Å²) in [4.78, 5) is 17.0. The van der Waals surface area contributed by atoms with E-state index in [1.54, 1.807) is 11.3 Å². The lowest BCUT2D eigenvalue weighted by Crippen LogP contribution is -2.36. The van der Waals surface area contributed by atoms with Gasteiger partial charge in [0.25, 0.3) is 5.91 Å². The lowest BCUT2D eigenvalue weighted by molar-refractivity contribution is 0.0716. The van der Waals surface area contributed by atoms with Gasteiger partial charge in [0.15, 0.2) is 0 Å². The predicted molar refractivity (Wildman–Crippen MR) is 90.4 cm³/mol. The van der Waals surface area contributed by atoms with Gasteiger partial charge in [0.2, 0.25) is 10.3 Å². The van der Waals surface area contributed by atoms with Crippen molar-refractivity contribution in [2.24, 2.45) is 0 Å². The van der Waals surface area contributed by atoms with Crippen LogP contribution in [0.2, 0.25) is 0 Å². The van der Waals surface area contributed by atoms with Gasteiger partial charge in [0.1, 0.15) is 5.69 Å². The van der Waals surface area contributed by atoms with Crippen molar-refractivity contribution in [2.75, 3.05) is 31.1 Å². The molecule has 0 bridgehead atoms. The van der Waals surface area contributed by atoms with Gasteiger partial charge in [-0.15, -0.1) is 10.2 Å². The number of piperidine rings is 1. The Morgan fingerprint density at radius 3 is 2.43 bits per heavy atom. The van der Waals surface area contributed by atoms with Crippen LogP contribution in [0.4, 0.5) is 5.13 Å². The minimum Gasteiger partial charge on any atom is -0.347 e. The Morgan fingerprint density at radius 2 is 1.65 bits per heavy atom. The van der Waals surface area contributed by atoms with Crippen LogP contribution in [0.5, 0.6) is 0 Å². The molecule has 0 saturated carbocycles. The van der Waals surface area contributed by atoms with Crippen molar-refractivity contribution in [2.45, 2.75) is 32.1 Å². The summed E-state index contributed by atoms with van der Waals surface area (Å²) in [5.41, 5.74) is 0.691. The maximum Gasteiger partial charge on any atom is 0.270 e. The number of carbonyl (C=O) groups is 1. The zero-order chi connectivity index (χ0) is 15.6. The van der Waals surface area contributed by atoms with Gasteiger partial charge < -0.3 is 9.80 Å². The molecule has 0 aromatic carbocycles. The van der Waals surface area contributed by atoms with Gasteiger partial charge in [-0.3, -0.25) is 9.36 Å². The third-order valence-corrected chi connectivity index (χ3v) is 5.58. The summed E-state index contributed by atoms with van der Waals surface area (Å²) >= 11 is 1.56. The Hall–Kier alpha value is -1.89. The molecule has 122 valence electrons. The number of carbonyl (C=O) groups excluding carboxylic acids is 1. The van der Waals surface area contributed by atoms with E-state index in [1.165, 1.54) is 19.3 Å². The van der Waals surface area contributed by atoms with Gasteiger partial charge in [-0.2, -0.15) is 0 Å². The summed E-state index contributed by atoms with van der Waals surface area (Å²) < 4.78 is 1.88. The molecule has 6 nitrogen and oxygen atoms in total. The first-order valence-corrected chi connectivity index (χ1v) is 9.20. The Kier molecular flexibility index (Phi) is 4.03. The highest BCUT2D eigenvalue weighted by Gasteiger charge is 2.23. The Balaban J connectivity index is 1.58. The molecule has 4 heterocycles. The SMILES string of the molecule is O=C(c1cccn1-c1nnc(N2CCCC2)s1)N1CCCCC1. The van der Waals surface area contributed by atoms with Gasteiger partial charge in [-0.25, -0.2) is 0 Å². The minimum atomic E-state index is 0.104. The molecule has 0 unspecified atom stereocenters. The maximum atomic E-state index is 12.8. The van der Waals surface area contributed by atoms with Crippen molar-refractivity contribution in [3.8, 4) is 5.13 Å². The Bertz CT molecular complexity index is 682. The number of amides is 1. The highest BCUT2D eigenvalue weighted by atomic mass is 32.1. The van der Waals surface area contributed by atoms with Gasteiger partial charge in [-0.05, 0) is 44.2 Å². The number of rotatable bonds is 3. The van der Waals surface area contributed by atoms with Crippen LogP contribution in [0.25, 0.3) is 5.13 Å². The van der Waals surface area contributed by atoms with Crippen molar-refractivity contribution >= 4 is 22.4 Å². The predicted octanol–water partition coefficient (Wildman–Crippen LogP) is 2.56. The van der Waals surface area contributed by atoms with Gasteiger partial charge in [0.05, 0.1) is 0 Å². The lowest BCUT2D eigenvalue weighted by atomic mass is 10.1. The molecule has 2 aromatic heterocycles. The number of nitrogens with zero attached hydrogens (tertiary/aromatic N) is 5. The van der Waals surface area contributed by atoms with Crippen LogP contribution < -0.4 is 4.90 Å². The number of anilines is 1. The molecular weight excluding hydrogens is 310 g/mol. The van der Waals surface area contributed by atoms with E-state index in [0.29, 0.717) is 5.69 Å². The molecule has 2 aliphatic heterocycles. The van der Waals surface area contributed by atoms with Crippen LogP contribution in [0.15, 0.2) is 18.3 Å². The molecule has 0 aliphatic carbocycles. The number of hydrogen-bond acceptors (Lipinski definition) is 5. The first kappa shape index (κ1) is 14.7. The molecule has 23 heavy (non-hydrogen) atoms. The van der Waals surface area contributed by atoms with Crippen molar-refractivity contribution in [3.05, 3.63) is 24.0 Å². The third-order valence-electron chi connectivity index (χ3n) is 4.60. The summed E-state index contributed by atoms with van der Waals surface area (Å²) in [6, 6.07) is 3.79. The van der Waals surface area contributed by atoms with Crippen molar-refractivity contribution in [1.29, 1.82) is 0 Å². The summed E-state index contributed by atoms with van der Waals surface area (Å²) in [6.07, 6.45) is 7.77. The van der Waals surface area contributed by atoms with Crippen molar-refractivity contribution in [3.63, 3.8) is 0 Å². The molecule has 4 rings (SSSR count). The highest BCUT2D eigenvalue weighted by Crippen LogP contribution is 2.27. The standard InChI is InChI=1S/C16H21N5OS/c22-14(19-8-2-1-3-9-19)13-7-6-12-21(13)16-18-17-15(23-16)20-10-4-5-11-20/h6-7,12H,1-5,8-11H2. The highest BCUT2D eigenvalue weighted by molar-refractivity contribution is 7.17. The molecule has 0 radical (unpaired) electrons. The van der Waals surface area contributed by atoms with Crippen LogP contribution in [-0.2, 0) is 0 Å². The van der Waals surface area contributed by atoms with Crippen molar-refractivity contribution in [1.82, 2.24) is 19.7 Å². The van der Waals surface area contributed by atoms with E-state index in [-0.39, 0.29) is 5.91 Å². The fraction of sp³-hybridized carbons (Fsp3) is 0.562. The molecule has 0 N–H and O–H groups in total. The van der Waals surface area contributed by atoms with Gasteiger partial charge >= 0.3 is 0 Å². The molecule has 0 atom stereocenters. The Labute approximate surface area is 139 Å². The van der Waals surface area contributed by atoms with Gasteiger partial charge in [0, 0.05) is 32.4 Å². The number of likely N-dealkylation sites (tertiary alicyclic amines) is 1. The van der Waals surface area contributed by atoms with E-state index in [0.717, 1.165) is 49.3 Å². The topological polar surface area (TPSA) is 54.3 Å². The average Bonchev–Trinajstić information content (AvgIpc) is 3.34. The Morgan fingerprint density at radius 1 is 0.957 bits per heavy atom. The summed E-state index contributed by atoms with van der Waals surface area (Å²) in [5.74, 6) is 0.104. The van der Waals surface area contributed by atoms with Crippen molar-refractivity contribution < 1.29 is 4.79 Å². The second kappa shape index (κ2) is 6.31. The van der Waals surface area contributed by atoms with E-state index in [4.69, 9.17) is 0 Å². The third kappa shape index (κ3) is 2.85. The second-order valence-electron chi connectivity index (χ2n) is 6.18. The first-order valence-electron chi connectivity index (χ1n) is 8.38. The summed E-state index contributed by atoms with van der Waals surface area (Å²) in [7, 11) is 0. The second-order valence-corrected chi connectivity index (χ2v) is 7.11. The molecule has 2 aliphatic rings. The number of aromatic nitrogens is 3. The molecule has 7 heteroatoms. The van der Waals surface area contributed by atoms with Gasteiger partial charge in [-0.1, -0.05) is 11.3 Å². The lowest BCUT2D eigenvalue weighted by Gasteiger charge is -2.26. The van der Waals surface area contributed by atoms with Crippen LogP contribution in [0.1, 0.15) is 42.6 Å². The molecule has 2 saturated heterocycles. The fourth-order valence-electron chi connectivity index (χ4n) is 3.32. The fourth-order valence-corrected chi connectivity index (χ4v) is 4.22. The van der Waals surface area contributed by atoms with Crippen LogP contribution >= 0.6 is 11.3 Å². The van der Waals surface area contributed by atoms with E-state index >= 15 is 0 Å². The normalized spacial score (nSPS) is 18.6. The average molecular weight is 331 g/mol. The number of hydrogen-bond donors (Lipinski definition) is 0. The summed E-state index contributed by atoms with van der Waals surface area (Å²) in [5, 5.41) is 10.4. The molecule has 2 fully saturated rings. The first-order chi connectivity index (χ1) is 11.3. The zero-order valence-corrected chi connectivity index (χ0v) is 14.0. The monoisotopic (exact) mass is 331 g/mol. The van der Waals surface area contributed by atoms with E-state index in [1.807, 2.05) is 27.8 Å². The van der Waals surface area contributed by atoms with Crippen LogP contribution in [0, 0.1) is 0 Å². The van der Waals surface area contributed by atoms with Crippen LogP contribution in [-0.4, -0.2) is 51.8 Å². The molecule has 0 spiro atoms. The van der Waals surface area contributed by atoms with E-state index < -0.39 is 0 Å². The largest absolute Gasteiger partial charge is 0.347 e. The quantitative estimate of drug-likeness (QED) is 0.867. The summed E-state index contributed by atoms with van der Waals surface area (Å²) in [6.45, 7) is 3.83. The minimum absolute atomic E-state index is 0.104. The smallest absolute Gasteiger partial charge is 0.270 e.